The molecule has 0 spiro atoms. The molecule has 1 amide bonds. The highest BCUT2D eigenvalue weighted by molar-refractivity contribution is 5.97. The number of carbonyl (C=O) groups excluding carboxylic acids is 1. The number of halogens is 3. The second-order valence-corrected chi connectivity index (χ2v) is 9.36. The van der Waals surface area contributed by atoms with E-state index in [1.165, 1.54) is 12.1 Å². The molecule has 0 radical (unpaired) electrons. The molecule has 0 saturated heterocycles. The van der Waals surface area contributed by atoms with E-state index in [1.54, 1.807) is 0 Å². The Bertz CT molecular complexity index is 1080. The first-order valence-electron chi connectivity index (χ1n) is 12.3. The van der Waals surface area contributed by atoms with Gasteiger partial charge in [-0.2, -0.15) is 18.4 Å². The number of hydrogen-bond donors (Lipinski definition) is 4. The second-order valence-electron chi connectivity index (χ2n) is 9.36. The van der Waals surface area contributed by atoms with Gasteiger partial charge in [-0.3, -0.25) is 4.79 Å². The number of nitrogens with one attached hydrogen (secondary N) is 3. The lowest BCUT2D eigenvalue weighted by molar-refractivity contribution is -0.142. The van der Waals surface area contributed by atoms with E-state index < -0.39 is 28.8 Å². The first kappa shape index (κ1) is 27.7. The van der Waals surface area contributed by atoms with E-state index in [0.29, 0.717) is 19.4 Å². The molecule has 2 aromatic carbocycles. The third-order valence-electron chi connectivity index (χ3n) is 6.72. The van der Waals surface area contributed by atoms with Crippen LogP contribution >= 0.6 is 0 Å². The number of carbonyl (C=O) groups is 1. The quantitative estimate of drug-likeness (QED) is 0.362. The smallest absolute Gasteiger partial charge is 0.379 e. The lowest BCUT2D eigenvalue weighted by atomic mass is 9.73. The minimum absolute atomic E-state index is 0.0518. The second kappa shape index (κ2) is 12.3. The summed E-state index contributed by atoms with van der Waals surface area (Å²) in [5.41, 5.74) is -1.75. The van der Waals surface area contributed by atoms with Gasteiger partial charge in [0.15, 0.2) is 0 Å². The molecule has 0 heterocycles. The number of alkyl halides is 3. The molecule has 1 atom stereocenters. The third-order valence-corrected chi connectivity index (χ3v) is 6.72. The van der Waals surface area contributed by atoms with Crippen LogP contribution in [0.5, 0.6) is 0 Å². The molecule has 4 N–H and O–H groups in total. The zero-order valence-corrected chi connectivity index (χ0v) is 20.4. The Hall–Kier alpha value is -2.93. The molecule has 1 unspecified atom stereocenters. The summed E-state index contributed by atoms with van der Waals surface area (Å²) in [5.74, 6) is -1.05. The summed E-state index contributed by atoms with van der Waals surface area (Å²) >= 11 is 0. The molecular formula is C27H33F3N4O2. The fourth-order valence-corrected chi connectivity index (χ4v) is 4.79. The zero-order valence-electron chi connectivity index (χ0n) is 20.4. The molecule has 2 aromatic rings. The van der Waals surface area contributed by atoms with Crippen molar-refractivity contribution in [1.82, 2.24) is 10.6 Å². The first-order valence-corrected chi connectivity index (χ1v) is 12.3. The summed E-state index contributed by atoms with van der Waals surface area (Å²) in [5, 5.41) is 29.7. The average molecular weight is 503 g/mol. The molecule has 0 bridgehead atoms. The van der Waals surface area contributed by atoms with Gasteiger partial charge in [0, 0.05) is 31.7 Å². The Kier molecular flexibility index (Phi) is 9.49. The molecule has 9 heteroatoms. The van der Waals surface area contributed by atoms with E-state index in [0.717, 1.165) is 55.6 Å². The van der Waals surface area contributed by atoms with Gasteiger partial charge in [0.2, 0.25) is 0 Å². The van der Waals surface area contributed by atoms with Gasteiger partial charge < -0.3 is 21.1 Å². The van der Waals surface area contributed by atoms with E-state index in [1.807, 2.05) is 31.3 Å². The van der Waals surface area contributed by atoms with Gasteiger partial charge in [-0.15, -0.1) is 0 Å². The van der Waals surface area contributed by atoms with Crippen molar-refractivity contribution in [2.75, 3.05) is 25.5 Å². The highest BCUT2D eigenvalue weighted by Crippen LogP contribution is 2.37. The van der Waals surface area contributed by atoms with E-state index in [4.69, 9.17) is 5.26 Å². The maximum absolute atomic E-state index is 13.5. The molecule has 194 valence electrons. The third kappa shape index (κ3) is 7.06. The van der Waals surface area contributed by atoms with Gasteiger partial charge in [-0.05, 0) is 55.1 Å². The van der Waals surface area contributed by atoms with Crippen LogP contribution in [0, 0.1) is 17.2 Å². The minimum Gasteiger partial charge on any atom is -0.379 e. The standard InChI is InChI=1S/C27H33F3N4O2/c1-32-12-13-33-18-20-7-5-6-19(14-20)16-26(36,22-8-3-2-4-9-22)25(35)34-23-11-10-21(17-31)24(15-23)27(28,29)30/h5-7,10-11,14-15,22,32-33,36H,2-4,8-9,12-13,16,18H2,1H3,(H,34,35). The molecule has 1 fully saturated rings. The van der Waals surface area contributed by atoms with Crippen LogP contribution in [0.4, 0.5) is 18.9 Å². The number of hydrogen-bond acceptors (Lipinski definition) is 5. The molecular weight excluding hydrogens is 469 g/mol. The van der Waals surface area contributed by atoms with Crippen molar-refractivity contribution in [3.8, 4) is 6.07 Å². The van der Waals surface area contributed by atoms with Crippen LogP contribution in [-0.2, 0) is 23.9 Å². The van der Waals surface area contributed by atoms with E-state index in [9.17, 15) is 23.1 Å². The highest BCUT2D eigenvalue weighted by atomic mass is 19.4. The summed E-state index contributed by atoms with van der Waals surface area (Å²) in [6, 6.07) is 12.2. The van der Waals surface area contributed by atoms with Crippen LogP contribution in [0.2, 0.25) is 0 Å². The molecule has 1 aliphatic carbocycles. The topological polar surface area (TPSA) is 97.2 Å². The van der Waals surface area contributed by atoms with Crippen LogP contribution in [0.15, 0.2) is 42.5 Å². The average Bonchev–Trinajstić information content (AvgIpc) is 2.86. The summed E-state index contributed by atoms with van der Waals surface area (Å²) in [4.78, 5) is 13.5. The van der Waals surface area contributed by atoms with Crippen molar-refractivity contribution in [2.45, 2.75) is 56.8 Å². The monoisotopic (exact) mass is 502 g/mol. The Balaban J connectivity index is 1.85. The number of anilines is 1. The number of nitriles is 1. The lowest BCUT2D eigenvalue weighted by Crippen LogP contribution is -2.51. The number of benzene rings is 2. The highest BCUT2D eigenvalue weighted by Gasteiger charge is 2.44. The normalized spacial score (nSPS) is 16.2. The minimum atomic E-state index is -4.74. The van der Waals surface area contributed by atoms with E-state index in [-0.39, 0.29) is 18.0 Å². The van der Waals surface area contributed by atoms with Crippen LogP contribution < -0.4 is 16.0 Å². The van der Waals surface area contributed by atoms with E-state index >= 15 is 0 Å². The Morgan fingerprint density at radius 3 is 2.47 bits per heavy atom. The van der Waals surface area contributed by atoms with Gasteiger partial charge >= 0.3 is 6.18 Å². The first-order chi connectivity index (χ1) is 17.2. The summed E-state index contributed by atoms with van der Waals surface area (Å²) in [6.45, 7) is 2.25. The van der Waals surface area contributed by atoms with Crippen molar-refractivity contribution < 1.29 is 23.1 Å². The Labute approximate surface area is 209 Å². The van der Waals surface area contributed by atoms with Gasteiger partial charge in [-0.1, -0.05) is 43.5 Å². The largest absolute Gasteiger partial charge is 0.417 e. The predicted octanol–water partition coefficient (Wildman–Crippen LogP) is 4.38. The van der Waals surface area contributed by atoms with Crippen LogP contribution in [-0.4, -0.2) is 36.8 Å². The Morgan fingerprint density at radius 2 is 1.81 bits per heavy atom. The summed E-state index contributed by atoms with van der Waals surface area (Å²) in [6.07, 6.45) is -0.585. The van der Waals surface area contributed by atoms with Gasteiger partial charge in [0.25, 0.3) is 5.91 Å². The SMILES string of the molecule is CNCCNCc1cccc(CC(O)(C(=O)Nc2ccc(C#N)c(C(F)(F)F)c2)C2CCCCC2)c1. The molecule has 1 saturated carbocycles. The summed E-state index contributed by atoms with van der Waals surface area (Å²) in [7, 11) is 1.88. The predicted molar refractivity (Wildman–Crippen MR) is 132 cm³/mol. The fraction of sp³-hybridized carbons (Fsp3) is 0.481. The van der Waals surface area contributed by atoms with Crippen LogP contribution in [0.25, 0.3) is 0 Å². The van der Waals surface area contributed by atoms with Gasteiger partial charge in [0.1, 0.15) is 5.60 Å². The maximum Gasteiger partial charge on any atom is 0.417 e. The fourth-order valence-electron chi connectivity index (χ4n) is 4.79. The molecule has 0 aliphatic heterocycles. The number of amides is 1. The lowest BCUT2D eigenvalue weighted by Gasteiger charge is -2.37. The molecule has 1 aliphatic rings. The molecule has 0 aromatic heterocycles. The van der Waals surface area contributed by atoms with Crippen LogP contribution in [0.3, 0.4) is 0 Å². The van der Waals surface area contributed by atoms with Gasteiger partial charge in [0.05, 0.1) is 17.2 Å². The summed E-state index contributed by atoms with van der Waals surface area (Å²) < 4.78 is 40.2. The molecule has 36 heavy (non-hydrogen) atoms. The molecule has 6 nitrogen and oxygen atoms in total. The van der Waals surface area contributed by atoms with Crippen molar-refractivity contribution in [3.05, 3.63) is 64.7 Å². The zero-order chi connectivity index (χ0) is 26.2. The Morgan fingerprint density at radius 1 is 1.08 bits per heavy atom. The maximum atomic E-state index is 13.5. The van der Waals surface area contributed by atoms with Crippen molar-refractivity contribution >= 4 is 11.6 Å². The van der Waals surface area contributed by atoms with Gasteiger partial charge in [-0.25, -0.2) is 0 Å². The van der Waals surface area contributed by atoms with E-state index in [2.05, 4.69) is 16.0 Å². The van der Waals surface area contributed by atoms with Crippen molar-refractivity contribution in [2.24, 2.45) is 5.92 Å². The number of rotatable bonds is 10. The molecule has 3 rings (SSSR count). The number of aliphatic hydroxyl groups is 1. The number of nitrogens with zero attached hydrogens (tertiary/aromatic N) is 1. The van der Waals surface area contributed by atoms with Crippen molar-refractivity contribution in [1.29, 1.82) is 5.26 Å². The van der Waals surface area contributed by atoms with Crippen LogP contribution in [0.1, 0.15) is 54.4 Å². The van der Waals surface area contributed by atoms with Crippen molar-refractivity contribution in [3.63, 3.8) is 0 Å². The number of likely N-dealkylation sites (N-methyl/N-ethyl adjacent to an activating group) is 1.